The van der Waals surface area contributed by atoms with Crippen LogP contribution in [0.4, 0.5) is 5.00 Å². The molecule has 2 aromatic heterocycles. The third-order valence-electron chi connectivity index (χ3n) is 5.93. The molecule has 6 heteroatoms. The number of fused-ring (bicyclic) bond motifs is 1. The molecular formula is C30H29NO4S. The van der Waals surface area contributed by atoms with Crippen LogP contribution in [-0.2, 0) is 4.74 Å². The predicted octanol–water partition coefficient (Wildman–Crippen LogP) is 8.36. The first-order valence-corrected chi connectivity index (χ1v) is 12.8. The number of nitrogens with one attached hydrogen (secondary N) is 1. The largest absolute Gasteiger partial charge is 0.462 e. The molecule has 184 valence electrons. The zero-order chi connectivity index (χ0) is 25.7. The minimum Gasteiger partial charge on any atom is -0.462 e. The SMILES string of the molecule is C=Cc1oc(C(=O)Nc2scc(-c3ccc(C)c4ccccc34)c2C(=O)OCCCC)cc1/C=C\C. The number of carbonyl (C=O) groups excluding carboxylic acids is 2. The van der Waals surface area contributed by atoms with E-state index in [1.165, 1.54) is 11.3 Å². The lowest BCUT2D eigenvalue weighted by Crippen LogP contribution is -2.14. The Morgan fingerprint density at radius 2 is 1.92 bits per heavy atom. The van der Waals surface area contributed by atoms with E-state index in [9.17, 15) is 9.59 Å². The van der Waals surface area contributed by atoms with Crippen molar-refractivity contribution in [2.75, 3.05) is 11.9 Å². The van der Waals surface area contributed by atoms with Gasteiger partial charge >= 0.3 is 5.97 Å². The van der Waals surface area contributed by atoms with Gasteiger partial charge in [-0.05, 0) is 54.3 Å². The number of ether oxygens (including phenoxy) is 1. The second-order valence-corrected chi connectivity index (χ2v) is 9.29. The number of anilines is 1. The van der Waals surface area contributed by atoms with Gasteiger partial charge in [-0.25, -0.2) is 4.79 Å². The van der Waals surface area contributed by atoms with E-state index in [0.29, 0.717) is 22.9 Å². The maximum atomic E-state index is 13.3. The number of benzene rings is 2. The zero-order valence-corrected chi connectivity index (χ0v) is 21.5. The highest BCUT2D eigenvalue weighted by atomic mass is 32.1. The van der Waals surface area contributed by atoms with Crippen molar-refractivity contribution in [1.29, 1.82) is 0 Å². The lowest BCUT2D eigenvalue weighted by atomic mass is 9.95. The van der Waals surface area contributed by atoms with Gasteiger partial charge in [-0.1, -0.05) is 68.5 Å². The third-order valence-corrected chi connectivity index (χ3v) is 6.83. The minimum absolute atomic E-state index is 0.138. The van der Waals surface area contributed by atoms with Gasteiger partial charge in [0, 0.05) is 16.5 Å². The first-order valence-electron chi connectivity index (χ1n) is 12.0. The normalized spacial score (nSPS) is 11.2. The summed E-state index contributed by atoms with van der Waals surface area (Å²) in [5, 5.41) is 7.34. The molecule has 4 rings (SSSR count). The number of thiophene rings is 1. The van der Waals surface area contributed by atoms with E-state index in [4.69, 9.17) is 9.15 Å². The average Bonchev–Trinajstić information content (AvgIpc) is 3.49. The molecule has 0 radical (unpaired) electrons. The van der Waals surface area contributed by atoms with Crippen LogP contribution >= 0.6 is 11.3 Å². The van der Waals surface area contributed by atoms with Crippen molar-refractivity contribution in [2.24, 2.45) is 0 Å². The Hall–Kier alpha value is -3.90. The van der Waals surface area contributed by atoms with Gasteiger partial charge in [-0.3, -0.25) is 4.79 Å². The molecule has 0 aliphatic carbocycles. The molecule has 0 aliphatic rings. The van der Waals surface area contributed by atoms with Gasteiger partial charge < -0.3 is 14.5 Å². The summed E-state index contributed by atoms with van der Waals surface area (Å²) in [5.74, 6) is -0.256. The summed E-state index contributed by atoms with van der Waals surface area (Å²) in [5.41, 5.74) is 3.90. The van der Waals surface area contributed by atoms with Gasteiger partial charge in [0.15, 0.2) is 5.76 Å². The second kappa shape index (κ2) is 11.2. The van der Waals surface area contributed by atoms with E-state index in [1.807, 2.05) is 61.7 Å². The Bertz CT molecular complexity index is 1460. The van der Waals surface area contributed by atoms with Crippen LogP contribution in [0.3, 0.4) is 0 Å². The molecule has 0 bridgehead atoms. The van der Waals surface area contributed by atoms with Gasteiger partial charge in [-0.15, -0.1) is 11.3 Å². The lowest BCUT2D eigenvalue weighted by molar-refractivity contribution is 0.0502. The Kier molecular flexibility index (Phi) is 7.86. The van der Waals surface area contributed by atoms with E-state index in [2.05, 4.69) is 24.9 Å². The molecule has 0 spiro atoms. The summed E-state index contributed by atoms with van der Waals surface area (Å²) < 4.78 is 11.3. The molecule has 0 saturated carbocycles. The van der Waals surface area contributed by atoms with Crippen molar-refractivity contribution >= 4 is 51.1 Å². The Morgan fingerprint density at radius 1 is 1.14 bits per heavy atom. The molecule has 0 fully saturated rings. The number of rotatable bonds is 9. The van der Waals surface area contributed by atoms with Gasteiger partial charge in [0.1, 0.15) is 16.3 Å². The summed E-state index contributed by atoms with van der Waals surface area (Å²) in [6.07, 6.45) is 6.95. The van der Waals surface area contributed by atoms with Gasteiger partial charge in [-0.2, -0.15) is 0 Å². The van der Waals surface area contributed by atoms with Crippen LogP contribution in [0.25, 0.3) is 34.1 Å². The highest BCUT2D eigenvalue weighted by molar-refractivity contribution is 7.15. The van der Waals surface area contributed by atoms with Gasteiger partial charge in [0.05, 0.1) is 6.61 Å². The maximum absolute atomic E-state index is 13.3. The Labute approximate surface area is 215 Å². The summed E-state index contributed by atoms with van der Waals surface area (Å²) in [6.45, 7) is 10.1. The first kappa shape index (κ1) is 25.2. The molecule has 2 heterocycles. The lowest BCUT2D eigenvalue weighted by Gasteiger charge is -2.12. The van der Waals surface area contributed by atoms with Gasteiger partial charge in [0.25, 0.3) is 5.91 Å². The average molecular weight is 500 g/mol. The molecule has 0 saturated heterocycles. The highest BCUT2D eigenvalue weighted by Gasteiger charge is 2.25. The predicted molar refractivity (Wildman–Crippen MR) is 149 cm³/mol. The van der Waals surface area contributed by atoms with Crippen molar-refractivity contribution < 1.29 is 18.7 Å². The van der Waals surface area contributed by atoms with Crippen molar-refractivity contribution in [2.45, 2.75) is 33.6 Å². The van der Waals surface area contributed by atoms with Crippen LogP contribution < -0.4 is 5.32 Å². The third kappa shape index (κ3) is 5.04. The molecule has 5 nitrogen and oxygen atoms in total. The number of hydrogen-bond donors (Lipinski definition) is 1. The smallest absolute Gasteiger partial charge is 0.341 e. The van der Waals surface area contributed by atoms with Crippen molar-refractivity contribution in [3.63, 3.8) is 0 Å². The standard InChI is InChI=1S/C30H29NO4S/c1-5-8-16-34-30(33)27-24(23-15-14-19(4)21-12-9-10-13-22(21)23)18-36-29(27)31-28(32)26-17-20(11-6-2)25(7-3)35-26/h6-7,9-15,17-18H,3,5,8,16H2,1-2,4H3,(H,31,32)/b11-6-. The van der Waals surface area contributed by atoms with Crippen LogP contribution in [-0.4, -0.2) is 18.5 Å². The molecule has 0 aliphatic heterocycles. The Balaban J connectivity index is 1.77. The summed E-state index contributed by atoms with van der Waals surface area (Å²) in [7, 11) is 0. The van der Waals surface area contributed by atoms with Crippen LogP contribution in [0, 0.1) is 6.92 Å². The number of unbranched alkanes of at least 4 members (excludes halogenated alkanes) is 1. The monoisotopic (exact) mass is 499 g/mol. The number of allylic oxidation sites excluding steroid dienone is 1. The topological polar surface area (TPSA) is 68.5 Å². The van der Waals surface area contributed by atoms with E-state index in [0.717, 1.165) is 45.9 Å². The molecule has 2 aromatic carbocycles. The van der Waals surface area contributed by atoms with E-state index in [1.54, 1.807) is 12.1 Å². The van der Waals surface area contributed by atoms with Crippen LogP contribution in [0.2, 0.25) is 0 Å². The number of amides is 1. The van der Waals surface area contributed by atoms with Gasteiger partial charge in [0.2, 0.25) is 0 Å². The quantitative estimate of drug-likeness (QED) is 0.186. The zero-order valence-electron chi connectivity index (χ0n) is 20.7. The number of aryl methyl sites for hydroxylation is 1. The molecule has 1 N–H and O–H groups in total. The van der Waals surface area contributed by atoms with Crippen molar-refractivity contribution in [3.05, 3.63) is 88.7 Å². The second-order valence-electron chi connectivity index (χ2n) is 8.41. The van der Waals surface area contributed by atoms with Crippen molar-refractivity contribution in [1.82, 2.24) is 0 Å². The molecule has 1 amide bonds. The molecule has 0 atom stereocenters. The number of esters is 1. The van der Waals surface area contributed by atoms with Crippen molar-refractivity contribution in [3.8, 4) is 11.1 Å². The summed E-state index contributed by atoms with van der Waals surface area (Å²) in [6, 6.07) is 13.8. The van der Waals surface area contributed by atoms with Crippen LogP contribution in [0.1, 0.15) is 64.5 Å². The number of furan rings is 1. The fourth-order valence-electron chi connectivity index (χ4n) is 4.08. The van der Waals surface area contributed by atoms with E-state index >= 15 is 0 Å². The highest BCUT2D eigenvalue weighted by Crippen LogP contribution is 2.40. The van der Waals surface area contributed by atoms with Crippen LogP contribution in [0.5, 0.6) is 0 Å². The fourth-order valence-corrected chi connectivity index (χ4v) is 5.03. The molecule has 36 heavy (non-hydrogen) atoms. The number of hydrogen-bond acceptors (Lipinski definition) is 5. The summed E-state index contributed by atoms with van der Waals surface area (Å²) in [4.78, 5) is 26.4. The molecular weight excluding hydrogens is 470 g/mol. The Morgan fingerprint density at radius 3 is 2.64 bits per heavy atom. The number of carbonyl (C=O) groups is 2. The fraction of sp³-hybridized carbons (Fsp3) is 0.200. The van der Waals surface area contributed by atoms with Crippen LogP contribution in [0.15, 0.2) is 64.9 Å². The minimum atomic E-state index is -0.458. The maximum Gasteiger partial charge on any atom is 0.341 e. The van der Waals surface area contributed by atoms with E-state index in [-0.39, 0.29) is 5.76 Å². The summed E-state index contributed by atoms with van der Waals surface area (Å²) >= 11 is 1.29. The molecule has 4 aromatic rings. The molecule has 0 unspecified atom stereocenters. The van der Waals surface area contributed by atoms with E-state index < -0.39 is 11.9 Å². The first-order chi connectivity index (χ1) is 17.5.